The van der Waals surface area contributed by atoms with Crippen molar-refractivity contribution >= 4 is 11.8 Å². The monoisotopic (exact) mass is 410 g/mol. The average molecular weight is 411 g/mol. The minimum Gasteiger partial charge on any atom is -0.370 e. The fourth-order valence-electron chi connectivity index (χ4n) is 4.48. The molecule has 1 atom stereocenters. The molecule has 1 aliphatic heterocycles. The summed E-state index contributed by atoms with van der Waals surface area (Å²) in [6.45, 7) is 1.48. The maximum absolute atomic E-state index is 13.2. The predicted molar refractivity (Wildman–Crippen MR) is 113 cm³/mol. The molecule has 1 aromatic heterocycles. The summed E-state index contributed by atoms with van der Waals surface area (Å²) in [6.07, 6.45) is 6.99. The van der Waals surface area contributed by atoms with E-state index in [0.29, 0.717) is 25.4 Å². The van der Waals surface area contributed by atoms with Gasteiger partial charge in [-0.05, 0) is 24.5 Å². The van der Waals surface area contributed by atoms with Crippen LogP contribution in [0.1, 0.15) is 48.2 Å². The van der Waals surface area contributed by atoms with Crippen LogP contribution in [0.2, 0.25) is 0 Å². The molecule has 2 fully saturated rings. The van der Waals surface area contributed by atoms with Gasteiger partial charge in [0.05, 0.1) is 12.7 Å². The molecule has 1 saturated heterocycles. The van der Waals surface area contributed by atoms with E-state index in [-0.39, 0.29) is 30.5 Å². The summed E-state index contributed by atoms with van der Waals surface area (Å²) < 4.78 is 7.79. The smallest absolute Gasteiger partial charge is 0.272 e. The molecule has 1 aromatic carbocycles. The number of aryl methyl sites for hydroxylation is 1. The fraction of sp³-hybridized carbons (Fsp3) is 0.522. The van der Waals surface area contributed by atoms with E-state index in [1.165, 1.54) is 6.42 Å². The molecule has 1 aliphatic carbocycles. The molecule has 7 heteroatoms. The molecule has 0 N–H and O–H groups in total. The van der Waals surface area contributed by atoms with Gasteiger partial charge in [0.2, 0.25) is 5.91 Å². The van der Waals surface area contributed by atoms with Crippen LogP contribution in [-0.2, 0) is 23.2 Å². The molecular formula is C23H30N4O3. The van der Waals surface area contributed by atoms with Crippen LogP contribution in [0, 0.1) is 0 Å². The van der Waals surface area contributed by atoms with E-state index in [4.69, 9.17) is 4.74 Å². The first-order chi connectivity index (χ1) is 14.6. The zero-order chi connectivity index (χ0) is 20.9. The molecule has 160 valence electrons. The number of benzene rings is 1. The van der Waals surface area contributed by atoms with Crippen LogP contribution in [-0.4, -0.2) is 63.2 Å². The Balaban J connectivity index is 1.53. The van der Waals surface area contributed by atoms with Gasteiger partial charge in [-0.25, -0.2) is 0 Å². The highest BCUT2D eigenvalue weighted by Crippen LogP contribution is 2.25. The van der Waals surface area contributed by atoms with Crippen molar-refractivity contribution in [3.05, 3.63) is 53.9 Å². The highest BCUT2D eigenvalue weighted by Gasteiger charge is 2.35. The summed E-state index contributed by atoms with van der Waals surface area (Å²) in [6, 6.07) is 12.0. The number of aromatic nitrogens is 2. The Kier molecular flexibility index (Phi) is 6.47. The summed E-state index contributed by atoms with van der Waals surface area (Å²) in [5.41, 5.74) is 1.57. The molecule has 4 rings (SSSR count). The maximum atomic E-state index is 13.2. The molecule has 30 heavy (non-hydrogen) atoms. The minimum absolute atomic E-state index is 0.0169. The minimum atomic E-state index is -0.226. The van der Waals surface area contributed by atoms with Crippen molar-refractivity contribution in [1.29, 1.82) is 0 Å². The summed E-state index contributed by atoms with van der Waals surface area (Å²) in [7, 11) is 1.74. The van der Waals surface area contributed by atoms with Crippen molar-refractivity contribution in [3.8, 4) is 0 Å². The maximum Gasteiger partial charge on any atom is 0.272 e. The standard InChI is InChI=1S/C23H30N4O3/c1-25-21(12-13-24-25)23(29)26-14-20(30-17-18-8-4-2-5-9-18)15-27(22(28)16-26)19-10-6-3-7-11-19/h2,4-5,8-9,12-13,19-20H,3,6-7,10-11,14-17H2,1H3/t20-/m0/s1. The van der Waals surface area contributed by atoms with Crippen molar-refractivity contribution in [2.45, 2.75) is 50.9 Å². The number of hydrogen-bond acceptors (Lipinski definition) is 4. The van der Waals surface area contributed by atoms with Gasteiger partial charge in [0.1, 0.15) is 12.2 Å². The molecule has 2 amide bonds. The first kappa shape index (κ1) is 20.6. The van der Waals surface area contributed by atoms with Crippen molar-refractivity contribution in [2.24, 2.45) is 7.05 Å². The zero-order valence-electron chi connectivity index (χ0n) is 17.6. The van der Waals surface area contributed by atoms with Crippen LogP contribution in [0.15, 0.2) is 42.6 Å². The van der Waals surface area contributed by atoms with Crippen LogP contribution >= 0.6 is 0 Å². The van der Waals surface area contributed by atoms with Crippen LogP contribution in [0.5, 0.6) is 0 Å². The average Bonchev–Trinajstić information content (AvgIpc) is 3.13. The zero-order valence-corrected chi connectivity index (χ0v) is 17.6. The Morgan fingerprint density at radius 3 is 2.57 bits per heavy atom. The number of carbonyl (C=O) groups excluding carboxylic acids is 2. The van der Waals surface area contributed by atoms with Gasteiger partial charge in [0, 0.05) is 32.4 Å². The molecule has 1 saturated carbocycles. The van der Waals surface area contributed by atoms with Gasteiger partial charge >= 0.3 is 0 Å². The van der Waals surface area contributed by atoms with Gasteiger partial charge in [-0.1, -0.05) is 49.6 Å². The highest BCUT2D eigenvalue weighted by molar-refractivity contribution is 5.95. The Labute approximate surface area is 177 Å². The topological polar surface area (TPSA) is 67.7 Å². The molecule has 7 nitrogen and oxygen atoms in total. The van der Waals surface area contributed by atoms with Gasteiger partial charge in [0.25, 0.3) is 5.91 Å². The first-order valence-electron chi connectivity index (χ1n) is 10.8. The molecular weight excluding hydrogens is 380 g/mol. The second-order valence-corrected chi connectivity index (χ2v) is 8.28. The lowest BCUT2D eigenvalue weighted by Crippen LogP contribution is -2.46. The number of carbonyl (C=O) groups is 2. The van der Waals surface area contributed by atoms with Crippen LogP contribution in [0.4, 0.5) is 0 Å². The lowest BCUT2D eigenvalue weighted by molar-refractivity contribution is -0.134. The van der Waals surface area contributed by atoms with E-state index in [1.807, 2.05) is 35.2 Å². The SMILES string of the molecule is Cn1nccc1C(=O)N1CC(=O)N(C2CCCCC2)C[C@@H](OCc2ccccc2)C1. The van der Waals surface area contributed by atoms with Gasteiger partial charge in [-0.15, -0.1) is 0 Å². The van der Waals surface area contributed by atoms with Gasteiger partial charge in [0.15, 0.2) is 0 Å². The third-order valence-corrected chi connectivity index (χ3v) is 6.14. The Hall–Kier alpha value is -2.67. The van der Waals surface area contributed by atoms with Crippen molar-refractivity contribution < 1.29 is 14.3 Å². The lowest BCUT2D eigenvalue weighted by Gasteiger charge is -2.34. The summed E-state index contributed by atoms with van der Waals surface area (Å²) in [4.78, 5) is 29.9. The normalized spacial score (nSPS) is 21.0. The molecule has 0 spiro atoms. The number of hydrogen-bond donors (Lipinski definition) is 0. The molecule has 0 radical (unpaired) electrons. The number of ether oxygens (including phenoxy) is 1. The number of nitrogens with zero attached hydrogens (tertiary/aromatic N) is 4. The van der Waals surface area contributed by atoms with Crippen LogP contribution in [0.3, 0.4) is 0 Å². The quantitative estimate of drug-likeness (QED) is 0.760. The van der Waals surface area contributed by atoms with E-state index in [9.17, 15) is 9.59 Å². The van der Waals surface area contributed by atoms with E-state index < -0.39 is 0 Å². The predicted octanol–water partition coefficient (Wildman–Crippen LogP) is 2.62. The first-order valence-corrected chi connectivity index (χ1v) is 10.8. The summed E-state index contributed by atoms with van der Waals surface area (Å²) in [5.74, 6) is -0.162. The van der Waals surface area contributed by atoms with Crippen molar-refractivity contribution in [1.82, 2.24) is 19.6 Å². The summed E-state index contributed by atoms with van der Waals surface area (Å²) in [5, 5.41) is 4.10. The second kappa shape index (κ2) is 9.43. The largest absolute Gasteiger partial charge is 0.370 e. The van der Waals surface area contributed by atoms with Crippen LogP contribution in [0.25, 0.3) is 0 Å². The third-order valence-electron chi connectivity index (χ3n) is 6.14. The van der Waals surface area contributed by atoms with Crippen molar-refractivity contribution in [2.75, 3.05) is 19.6 Å². The molecule has 2 aliphatic rings. The molecule has 0 unspecified atom stereocenters. The van der Waals surface area contributed by atoms with Gasteiger partial charge in [-0.2, -0.15) is 5.10 Å². The molecule has 2 aromatic rings. The summed E-state index contributed by atoms with van der Waals surface area (Å²) >= 11 is 0. The molecule has 0 bridgehead atoms. The third kappa shape index (κ3) is 4.73. The van der Waals surface area contributed by atoms with E-state index in [0.717, 1.165) is 31.2 Å². The lowest BCUT2D eigenvalue weighted by atomic mass is 9.94. The Morgan fingerprint density at radius 2 is 1.87 bits per heavy atom. The Bertz CT molecular complexity index is 860. The second-order valence-electron chi connectivity index (χ2n) is 8.28. The van der Waals surface area contributed by atoms with E-state index in [2.05, 4.69) is 5.10 Å². The number of amides is 2. The van der Waals surface area contributed by atoms with E-state index >= 15 is 0 Å². The van der Waals surface area contributed by atoms with Gasteiger partial charge < -0.3 is 14.5 Å². The Morgan fingerprint density at radius 1 is 1.10 bits per heavy atom. The van der Waals surface area contributed by atoms with Crippen LogP contribution < -0.4 is 0 Å². The van der Waals surface area contributed by atoms with Gasteiger partial charge in [-0.3, -0.25) is 14.3 Å². The highest BCUT2D eigenvalue weighted by atomic mass is 16.5. The van der Waals surface area contributed by atoms with Crippen molar-refractivity contribution in [3.63, 3.8) is 0 Å². The molecule has 2 heterocycles. The van der Waals surface area contributed by atoms with E-state index in [1.54, 1.807) is 28.9 Å². The number of rotatable bonds is 5. The fourth-order valence-corrected chi connectivity index (χ4v) is 4.48.